The average Bonchev–Trinajstić information content (AvgIpc) is 2.71. The normalized spacial score (nSPS) is 13.9. The number of nitrogens with zero attached hydrogens (tertiary/aromatic N) is 3. The second-order valence-electron chi connectivity index (χ2n) is 5.09. The number of nitriles is 1. The van der Waals surface area contributed by atoms with Gasteiger partial charge in [-0.1, -0.05) is 6.07 Å². The lowest BCUT2D eigenvalue weighted by atomic mass is 10.1. The topological polar surface area (TPSA) is 78.7 Å². The van der Waals surface area contributed by atoms with Crippen molar-refractivity contribution >= 4 is 17.4 Å². The molecule has 0 saturated heterocycles. The molecule has 0 radical (unpaired) electrons. The molecule has 6 heteroatoms. The van der Waals surface area contributed by atoms with Crippen LogP contribution in [0.1, 0.15) is 40.9 Å². The second kappa shape index (κ2) is 5.90. The lowest BCUT2D eigenvalue weighted by molar-refractivity contribution is 0.0981. The van der Waals surface area contributed by atoms with E-state index in [1.165, 1.54) is 18.3 Å². The summed E-state index contributed by atoms with van der Waals surface area (Å²) in [6.07, 6.45) is 4.45. The number of hydrogen-bond acceptors (Lipinski definition) is 5. The molecule has 0 atom stereocenters. The summed E-state index contributed by atoms with van der Waals surface area (Å²) in [5.41, 5.74) is 1.33. The summed E-state index contributed by atoms with van der Waals surface area (Å²) in [6, 6.07) is 6.28. The Bertz CT molecular complexity index is 782. The fourth-order valence-electron chi connectivity index (χ4n) is 2.45. The Morgan fingerprint density at radius 1 is 1.27 bits per heavy atom. The van der Waals surface area contributed by atoms with Crippen LogP contribution in [0.15, 0.2) is 24.4 Å². The summed E-state index contributed by atoms with van der Waals surface area (Å²) in [5, 5.41) is 11.6. The predicted octanol–water partition coefficient (Wildman–Crippen LogP) is 3.14. The quantitative estimate of drug-likeness (QED) is 0.861. The lowest BCUT2D eigenvalue weighted by Gasteiger charge is -2.09. The molecule has 0 fully saturated rings. The van der Waals surface area contributed by atoms with Gasteiger partial charge in [0.15, 0.2) is 11.6 Å². The predicted molar refractivity (Wildman–Crippen MR) is 78.3 cm³/mol. The first-order valence-electron chi connectivity index (χ1n) is 7.04. The van der Waals surface area contributed by atoms with Crippen molar-refractivity contribution in [1.29, 1.82) is 5.26 Å². The molecule has 1 N–H and O–H groups in total. The number of carbonyl (C=O) groups excluding carboxylic acids is 1. The molecule has 1 aliphatic carbocycles. The van der Waals surface area contributed by atoms with Gasteiger partial charge in [-0.25, -0.2) is 14.4 Å². The highest BCUT2D eigenvalue weighted by molar-refractivity contribution is 5.97. The first kappa shape index (κ1) is 14.1. The fraction of sp³-hybridized carbons (Fsp3) is 0.250. The van der Waals surface area contributed by atoms with Crippen molar-refractivity contribution in [3.63, 3.8) is 0 Å². The maximum absolute atomic E-state index is 14.0. The van der Waals surface area contributed by atoms with E-state index in [1.807, 2.05) is 0 Å². The summed E-state index contributed by atoms with van der Waals surface area (Å²) in [6.45, 7) is 0. The fourth-order valence-corrected chi connectivity index (χ4v) is 2.45. The minimum atomic E-state index is -0.639. The van der Waals surface area contributed by atoms with Crippen LogP contribution < -0.4 is 5.32 Å². The number of halogens is 1. The maximum Gasteiger partial charge on any atom is 0.227 e. The van der Waals surface area contributed by atoms with E-state index in [0.717, 1.165) is 12.8 Å². The van der Waals surface area contributed by atoms with Crippen LogP contribution in [-0.2, 0) is 6.42 Å². The number of nitrogens with one attached hydrogen (secondary N) is 1. The SMILES string of the molecule is N#Cc1cccc(Nc2ncc3c(n2)CCCCC3=O)c1F. The highest BCUT2D eigenvalue weighted by atomic mass is 19.1. The number of ketones is 1. The van der Waals surface area contributed by atoms with Gasteiger partial charge in [0.05, 0.1) is 22.5 Å². The smallest absolute Gasteiger partial charge is 0.227 e. The molecule has 1 aromatic heterocycles. The van der Waals surface area contributed by atoms with Gasteiger partial charge in [-0.05, 0) is 31.4 Å². The zero-order valence-corrected chi connectivity index (χ0v) is 11.8. The zero-order chi connectivity index (χ0) is 15.5. The summed E-state index contributed by atoms with van der Waals surface area (Å²) in [5.74, 6) is -0.362. The van der Waals surface area contributed by atoms with Crippen LogP contribution in [0.4, 0.5) is 16.0 Å². The van der Waals surface area contributed by atoms with E-state index < -0.39 is 5.82 Å². The van der Waals surface area contributed by atoms with Crippen molar-refractivity contribution in [3.05, 3.63) is 47.0 Å². The second-order valence-corrected chi connectivity index (χ2v) is 5.09. The highest BCUT2D eigenvalue weighted by Crippen LogP contribution is 2.23. The Hall–Kier alpha value is -2.81. The molecule has 0 saturated carbocycles. The van der Waals surface area contributed by atoms with Gasteiger partial charge in [-0.2, -0.15) is 5.26 Å². The minimum absolute atomic E-state index is 0.0464. The standard InChI is InChI=1S/C16H13FN4O/c17-15-10(8-18)4-3-6-13(15)21-16-19-9-11-12(20-16)5-1-2-7-14(11)22/h3-4,6,9H,1-2,5,7H2,(H,19,20,21). The third-order valence-electron chi connectivity index (χ3n) is 3.60. The molecule has 22 heavy (non-hydrogen) atoms. The van der Waals surface area contributed by atoms with Crippen molar-refractivity contribution in [1.82, 2.24) is 9.97 Å². The first-order valence-corrected chi connectivity index (χ1v) is 7.04. The Kier molecular flexibility index (Phi) is 3.79. The molecule has 3 rings (SSSR count). The number of benzene rings is 1. The van der Waals surface area contributed by atoms with Crippen LogP contribution >= 0.6 is 0 Å². The number of fused-ring (bicyclic) bond motifs is 1. The molecule has 2 aromatic rings. The molecule has 0 amide bonds. The molecule has 0 unspecified atom stereocenters. The van der Waals surface area contributed by atoms with Crippen molar-refractivity contribution < 1.29 is 9.18 Å². The van der Waals surface area contributed by atoms with E-state index in [0.29, 0.717) is 24.1 Å². The Morgan fingerprint density at radius 3 is 2.91 bits per heavy atom. The van der Waals surface area contributed by atoms with Gasteiger partial charge in [-0.3, -0.25) is 4.79 Å². The van der Waals surface area contributed by atoms with Crippen LogP contribution in [0.3, 0.4) is 0 Å². The molecule has 0 aliphatic heterocycles. The monoisotopic (exact) mass is 296 g/mol. The third kappa shape index (κ3) is 2.66. The van der Waals surface area contributed by atoms with Gasteiger partial charge in [0.25, 0.3) is 0 Å². The summed E-state index contributed by atoms with van der Waals surface area (Å²) < 4.78 is 14.0. The van der Waals surface area contributed by atoms with Crippen LogP contribution in [0, 0.1) is 17.1 Å². The van der Waals surface area contributed by atoms with E-state index in [9.17, 15) is 9.18 Å². The molecular formula is C16H13FN4O. The van der Waals surface area contributed by atoms with E-state index in [1.54, 1.807) is 12.1 Å². The van der Waals surface area contributed by atoms with Crippen LogP contribution in [0.2, 0.25) is 0 Å². The van der Waals surface area contributed by atoms with Gasteiger partial charge >= 0.3 is 0 Å². The molecule has 1 heterocycles. The largest absolute Gasteiger partial charge is 0.322 e. The number of aryl methyl sites for hydroxylation is 1. The Morgan fingerprint density at radius 2 is 2.09 bits per heavy atom. The molecule has 0 bridgehead atoms. The number of carbonyl (C=O) groups is 1. The molecule has 1 aliphatic rings. The summed E-state index contributed by atoms with van der Waals surface area (Å²) >= 11 is 0. The molecule has 5 nitrogen and oxygen atoms in total. The number of hydrogen-bond donors (Lipinski definition) is 1. The van der Waals surface area contributed by atoms with Gasteiger partial charge in [0.2, 0.25) is 5.95 Å². The number of anilines is 2. The molecule has 0 spiro atoms. The highest BCUT2D eigenvalue weighted by Gasteiger charge is 2.18. The number of rotatable bonds is 2. The Labute approximate surface area is 126 Å². The number of aromatic nitrogens is 2. The van der Waals surface area contributed by atoms with Crippen molar-refractivity contribution in [2.45, 2.75) is 25.7 Å². The number of Topliss-reactive ketones (excluding diaryl/α,β-unsaturated/α-hetero) is 1. The van der Waals surface area contributed by atoms with E-state index in [4.69, 9.17) is 5.26 Å². The van der Waals surface area contributed by atoms with Crippen molar-refractivity contribution in [2.75, 3.05) is 5.32 Å². The van der Waals surface area contributed by atoms with Crippen LogP contribution in [-0.4, -0.2) is 15.8 Å². The summed E-state index contributed by atoms with van der Waals surface area (Å²) in [4.78, 5) is 20.3. The maximum atomic E-state index is 14.0. The van der Waals surface area contributed by atoms with E-state index in [-0.39, 0.29) is 23.0 Å². The molecule has 110 valence electrons. The summed E-state index contributed by atoms with van der Waals surface area (Å²) in [7, 11) is 0. The Balaban J connectivity index is 1.93. The minimum Gasteiger partial charge on any atom is -0.322 e. The van der Waals surface area contributed by atoms with Gasteiger partial charge < -0.3 is 5.32 Å². The van der Waals surface area contributed by atoms with Crippen molar-refractivity contribution in [3.8, 4) is 6.07 Å². The van der Waals surface area contributed by atoms with Gasteiger partial charge in [-0.15, -0.1) is 0 Å². The average molecular weight is 296 g/mol. The molecule has 1 aromatic carbocycles. The van der Waals surface area contributed by atoms with Gasteiger partial charge in [0.1, 0.15) is 6.07 Å². The first-order chi connectivity index (χ1) is 10.7. The third-order valence-corrected chi connectivity index (χ3v) is 3.60. The van der Waals surface area contributed by atoms with Crippen LogP contribution in [0.25, 0.3) is 0 Å². The van der Waals surface area contributed by atoms with Crippen molar-refractivity contribution in [2.24, 2.45) is 0 Å². The van der Waals surface area contributed by atoms with E-state index in [2.05, 4.69) is 15.3 Å². The zero-order valence-electron chi connectivity index (χ0n) is 11.8. The van der Waals surface area contributed by atoms with Crippen LogP contribution in [0.5, 0.6) is 0 Å². The molecular weight excluding hydrogens is 283 g/mol. The van der Waals surface area contributed by atoms with E-state index >= 15 is 0 Å². The lowest BCUT2D eigenvalue weighted by Crippen LogP contribution is -2.07. The van der Waals surface area contributed by atoms with Gasteiger partial charge in [0, 0.05) is 12.6 Å².